The highest BCUT2D eigenvalue weighted by Crippen LogP contribution is 2.52. The minimum absolute atomic E-state index is 0.0716. The SMILES string of the molecule is O=C1[C@@H]2[C@H](C(=O)N1/N=C\c1ccccc1O)[C@H]1C=C[C@H]2C1. The van der Waals surface area contributed by atoms with Gasteiger partial charge in [-0.1, -0.05) is 24.3 Å². The fraction of sp³-hybridized carbons (Fsp3) is 0.312. The Morgan fingerprint density at radius 2 is 1.71 bits per heavy atom. The van der Waals surface area contributed by atoms with Gasteiger partial charge in [-0.3, -0.25) is 9.59 Å². The molecule has 2 bridgehead atoms. The van der Waals surface area contributed by atoms with E-state index in [0.29, 0.717) is 5.56 Å². The first-order valence-electron chi connectivity index (χ1n) is 7.05. The molecule has 5 nitrogen and oxygen atoms in total. The summed E-state index contributed by atoms with van der Waals surface area (Å²) in [6.45, 7) is 0. The van der Waals surface area contributed by atoms with Gasteiger partial charge in [-0.25, -0.2) is 0 Å². The summed E-state index contributed by atoms with van der Waals surface area (Å²) in [4.78, 5) is 24.8. The highest BCUT2D eigenvalue weighted by molar-refractivity contribution is 6.06. The first-order valence-corrected chi connectivity index (χ1v) is 7.05. The van der Waals surface area contributed by atoms with Gasteiger partial charge in [-0.05, 0) is 30.4 Å². The Morgan fingerprint density at radius 1 is 1.10 bits per heavy atom. The third-order valence-corrected chi connectivity index (χ3v) is 4.70. The van der Waals surface area contributed by atoms with Gasteiger partial charge in [0.2, 0.25) is 0 Å². The molecule has 3 aliphatic rings. The Hall–Kier alpha value is -2.43. The summed E-state index contributed by atoms with van der Waals surface area (Å²) < 4.78 is 0. The number of carbonyl (C=O) groups is 2. The van der Waals surface area contributed by atoms with Crippen molar-refractivity contribution in [3.8, 4) is 5.75 Å². The lowest BCUT2D eigenvalue weighted by Gasteiger charge is -2.13. The zero-order valence-electron chi connectivity index (χ0n) is 11.2. The Bertz CT molecular complexity index is 665. The molecule has 1 heterocycles. The van der Waals surface area contributed by atoms with Crippen molar-refractivity contribution in [1.29, 1.82) is 0 Å². The first-order chi connectivity index (χ1) is 10.2. The van der Waals surface area contributed by atoms with Crippen LogP contribution in [0.3, 0.4) is 0 Å². The number of para-hydroxylation sites is 1. The molecule has 1 N–H and O–H groups in total. The van der Waals surface area contributed by atoms with Crippen LogP contribution in [0.1, 0.15) is 12.0 Å². The number of fused-ring (bicyclic) bond motifs is 5. The summed E-state index contributed by atoms with van der Waals surface area (Å²) >= 11 is 0. The summed E-state index contributed by atoms with van der Waals surface area (Å²) in [6, 6.07) is 6.67. The zero-order valence-corrected chi connectivity index (χ0v) is 11.2. The summed E-state index contributed by atoms with van der Waals surface area (Å²) in [5.41, 5.74) is 0.483. The van der Waals surface area contributed by atoms with E-state index in [4.69, 9.17) is 0 Å². The van der Waals surface area contributed by atoms with Crippen LogP contribution in [0.4, 0.5) is 0 Å². The monoisotopic (exact) mass is 282 g/mol. The molecule has 1 saturated heterocycles. The van der Waals surface area contributed by atoms with Gasteiger partial charge in [0.1, 0.15) is 5.75 Å². The molecule has 5 heteroatoms. The van der Waals surface area contributed by atoms with Gasteiger partial charge < -0.3 is 5.11 Å². The second-order valence-electron chi connectivity index (χ2n) is 5.79. The van der Waals surface area contributed by atoms with E-state index >= 15 is 0 Å². The number of phenolic OH excluding ortho intramolecular Hbond substituents is 1. The number of nitrogens with zero attached hydrogens (tertiary/aromatic N) is 2. The molecule has 2 fully saturated rings. The quantitative estimate of drug-likeness (QED) is 0.508. The molecule has 2 aliphatic carbocycles. The van der Waals surface area contributed by atoms with Crippen LogP contribution in [0.5, 0.6) is 5.75 Å². The normalized spacial score (nSPS) is 33.4. The number of aromatic hydroxyl groups is 1. The molecule has 2 amide bonds. The van der Waals surface area contributed by atoms with E-state index in [9.17, 15) is 14.7 Å². The average molecular weight is 282 g/mol. The number of phenols is 1. The van der Waals surface area contributed by atoms with Crippen LogP contribution in [-0.4, -0.2) is 28.1 Å². The largest absolute Gasteiger partial charge is 0.507 e. The van der Waals surface area contributed by atoms with E-state index in [2.05, 4.69) is 5.10 Å². The van der Waals surface area contributed by atoms with Crippen molar-refractivity contribution in [3.63, 3.8) is 0 Å². The Kier molecular flexibility index (Phi) is 2.51. The van der Waals surface area contributed by atoms with E-state index in [1.165, 1.54) is 12.3 Å². The average Bonchev–Trinajstić information content (AvgIpc) is 3.14. The predicted octanol–water partition coefficient (Wildman–Crippen LogP) is 1.53. The minimum atomic E-state index is -0.242. The molecule has 0 aromatic heterocycles. The highest BCUT2D eigenvalue weighted by atomic mass is 16.3. The zero-order chi connectivity index (χ0) is 14.6. The topological polar surface area (TPSA) is 70.0 Å². The van der Waals surface area contributed by atoms with Gasteiger partial charge in [0.25, 0.3) is 11.8 Å². The maximum atomic E-state index is 12.4. The van der Waals surface area contributed by atoms with Gasteiger partial charge in [-0.15, -0.1) is 0 Å². The van der Waals surface area contributed by atoms with Crippen molar-refractivity contribution >= 4 is 18.0 Å². The van der Waals surface area contributed by atoms with Crippen molar-refractivity contribution in [2.24, 2.45) is 28.8 Å². The molecule has 1 aliphatic heterocycles. The molecular weight excluding hydrogens is 268 g/mol. The van der Waals surface area contributed by atoms with Crippen LogP contribution in [0.15, 0.2) is 41.5 Å². The molecule has 106 valence electrons. The summed E-state index contributed by atoms with van der Waals surface area (Å²) in [5.74, 6) is -0.476. The number of hydrogen-bond donors (Lipinski definition) is 1. The number of allylic oxidation sites excluding steroid dienone is 2. The van der Waals surface area contributed by atoms with Gasteiger partial charge in [-0.2, -0.15) is 10.1 Å². The fourth-order valence-corrected chi connectivity index (χ4v) is 3.72. The van der Waals surface area contributed by atoms with Gasteiger partial charge in [0, 0.05) is 5.56 Å². The van der Waals surface area contributed by atoms with Crippen LogP contribution in [0.25, 0.3) is 0 Å². The van der Waals surface area contributed by atoms with Crippen LogP contribution >= 0.6 is 0 Å². The Morgan fingerprint density at radius 3 is 2.33 bits per heavy atom. The maximum absolute atomic E-state index is 12.4. The lowest BCUT2D eigenvalue weighted by molar-refractivity contribution is -0.140. The predicted molar refractivity (Wildman–Crippen MR) is 75.3 cm³/mol. The molecule has 4 atom stereocenters. The number of hydrazone groups is 1. The van der Waals surface area contributed by atoms with E-state index < -0.39 is 0 Å². The van der Waals surface area contributed by atoms with E-state index in [1.54, 1.807) is 18.2 Å². The molecule has 1 aromatic carbocycles. The molecule has 21 heavy (non-hydrogen) atoms. The van der Waals surface area contributed by atoms with Crippen molar-refractivity contribution in [2.45, 2.75) is 6.42 Å². The standard InChI is InChI=1S/C16H14N2O3/c19-12-4-2-1-3-11(12)8-17-18-15(20)13-9-5-6-10(7-9)14(13)16(18)21/h1-6,8-10,13-14,19H,7H2/b17-8-/t9-,10-,13-,14+/m0/s1. The first kappa shape index (κ1) is 12.3. The van der Waals surface area contributed by atoms with Crippen molar-refractivity contribution in [1.82, 2.24) is 5.01 Å². The Labute approximate surface area is 121 Å². The molecule has 1 saturated carbocycles. The lowest BCUT2D eigenvalue weighted by Crippen LogP contribution is -2.28. The third kappa shape index (κ3) is 1.67. The van der Waals surface area contributed by atoms with Crippen LogP contribution in [0.2, 0.25) is 0 Å². The summed E-state index contributed by atoms with van der Waals surface area (Å²) in [6.07, 6.45) is 6.37. The summed E-state index contributed by atoms with van der Waals surface area (Å²) in [5, 5.41) is 14.7. The molecule has 0 spiro atoms. The lowest BCUT2D eigenvalue weighted by atomic mass is 9.85. The Balaban J connectivity index is 1.62. The third-order valence-electron chi connectivity index (χ3n) is 4.70. The molecule has 0 unspecified atom stereocenters. The molecular formula is C16H14N2O3. The highest BCUT2D eigenvalue weighted by Gasteiger charge is 2.59. The van der Waals surface area contributed by atoms with E-state index in [-0.39, 0.29) is 41.2 Å². The number of hydrogen-bond acceptors (Lipinski definition) is 4. The molecule has 4 rings (SSSR count). The second kappa shape index (κ2) is 4.28. The molecule has 1 aromatic rings. The van der Waals surface area contributed by atoms with Gasteiger partial charge in [0.15, 0.2) is 0 Å². The van der Waals surface area contributed by atoms with Gasteiger partial charge in [0.05, 0.1) is 18.1 Å². The van der Waals surface area contributed by atoms with Crippen molar-refractivity contribution < 1.29 is 14.7 Å². The second-order valence-corrected chi connectivity index (χ2v) is 5.79. The number of benzene rings is 1. The fourth-order valence-electron chi connectivity index (χ4n) is 3.72. The van der Waals surface area contributed by atoms with Crippen molar-refractivity contribution in [2.75, 3.05) is 0 Å². The molecule has 0 radical (unpaired) electrons. The number of rotatable bonds is 2. The minimum Gasteiger partial charge on any atom is -0.507 e. The number of amides is 2. The van der Waals surface area contributed by atoms with Crippen molar-refractivity contribution in [3.05, 3.63) is 42.0 Å². The smallest absolute Gasteiger partial charge is 0.254 e. The van der Waals surface area contributed by atoms with Crippen LogP contribution < -0.4 is 0 Å². The van der Waals surface area contributed by atoms with Crippen LogP contribution in [-0.2, 0) is 9.59 Å². The van der Waals surface area contributed by atoms with E-state index in [1.807, 2.05) is 12.2 Å². The number of imide groups is 1. The maximum Gasteiger partial charge on any atom is 0.254 e. The van der Waals surface area contributed by atoms with Gasteiger partial charge >= 0.3 is 0 Å². The number of carbonyl (C=O) groups excluding carboxylic acids is 2. The van der Waals surface area contributed by atoms with E-state index in [0.717, 1.165) is 11.4 Å². The van der Waals surface area contributed by atoms with Crippen LogP contribution in [0, 0.1) is 23.7 Å². The summed E-state index contributed by atoms with van der Waals surface area (Å²) in [7, 11) is 0.